The van der Waals surface area contributed by atoms with Crippen LogP contribution in [0.4, 0.5) is 0 Å². The molecule has 0 spiro atoms. The van der Waals surface area contributed by atoms with Crippen molar-refractivity contribution in [2.45, 2.75) is 45.3 Å². The Morgan fingerprint density at radius 2 is 2.00 bits per heavy atom. The molecule has 17 heavy (non-hydrogen) atoms. The van der Waals surface area contributed by atoms with E-state index >= 15 is 0 Å². The van der Waals surface area contributed by atoms with Crippen molar-refractivity contribution in [3.63, 3.8) is 0 Å². The van der Waals surface area contributed by atoms with E-state index in [1.54, 1.807) is 14.0 Å². The van der Waals surface area contributed by atoms with Crippen LogP contribution in [0.2, 0.25) is 0 Å². The summed E-state index contributed by atoms with van der Waals surface area (Å²) in [6.45, 7) is 7.21. The average Bonchev–Trinajstić information content (AvgIpc) is 2.36. The van der Waals surface area contributed by atoms with Crippen LogP contribution >= 0.6 is 0 Å². The Labute approximate surface area is 104 Å². The van der Waals surface area contributed by atoms with Gasteiger partial charge in [-0.2, -0.15) is 0 Å². The number of hydrogen-bond donors (Lipinski definition) is 2. The fraction of sp³-hybridized carbons (Fsp3) is 0.917. The lowest BCUT2D eigenvalue weighted by molar-refractivity contribution is -0.145. The summed E-state index contributed by atoms with van der Waals surface area (Å²) in [7, 11) is 1.60. The van der Waals surface area contributed by atoms with Crippen molar-refractivity contribution in [1.29, 1.82) is 0 Å². The molecule has 102 valence electrons. The maximum atomic E-state index is 11.7. The average molecular weight is 246 g/mol. The first kappa shape index (κ1) is 16.4. The summed E-state index contributed by atoms with van der Waals surface area (Å²) >= 11 is 0. The summed E-state index contributed by atoms with van der Waals surface area (Å²) in [5.74, 6) is -0.123. The Balaban J connectivity index is 4.21. The number of amides is 1. The fourth-order valence-corrected chi connectivity index (χ4v) is 1.60. The van der Waals surface area contributed by atoms with E-state index in [0.717, 1.165) is 12.8 Å². The van der Waals surface area contributed by atoms with Crippen LogP contribution < -0.4 is 11.1 Å². The van der Waals surface area contributed by atoms with Crippen LogP contribution in [0.25, 0.3) is 0 Å². The lowest BCUT2D eigenvalue weighted by atomic mass is 9.97. The zero-order valence-corrected chi connectivity index (χ0v) is 11.4. The van der Waals surface area contributed by atoms with Gasteiger partial charge < -0.3 is 20.5 Å². The topological polar surface area (TPSA) is 73.6 Å². The number of nitrogens with one attached hydrogen (secondary N) is 1. The van der Waals surface area contributed by atoms with E-state index in [2.05, 4.69) is 5.32 Å². The lowest BCUT2D eigenvalue weighted by Gasteiger charge is -2.33. The molecular formula is C12H26N2O3. The molecule has 1 atom stereocenters. The summed E-state index contributed by atoms with van der Waals surface area (Å²) in [5.41, 5.74) is 5.33. The number of rotatable bonds is 9. The summed E-state index contributed by atoms with van der Waals surface area (Å²) in [5, 5.41) is 2.75. The van der Waals surface area contributed by atoms with Crippen molar-refractivity contribution in [2.75, 3.05) is 26.8 Å². The van der Waals surface area contributed by atoms with Gasteiger partial charge in [0.25, 0.3) is 0 Å². The number of carbonyl (C=O) groups excluding carboxylic acids is 1. The summed E-state index contributed by atoms with van der Waals surface area (Å²) < 4.78 is 10.7. The van der Waals surface area contributed by atoms with Crippen molar-refractivity contribution in [2.24, 2.45) is 5.73 Å². The van der Waals surface area contributed by atoms with Gasteiger partial charge in [-0.25, -0.2) is 0 Å². The summed E-state index contributed by atoms with van der Waals surface area (Å²) in [4.78, 5) is 11.7. The maximum absolute atomic E-state index is 11.7. The molecule has 0 saturated heterocycles. The Hall–Kier alpha value is -0.650. The van der Waals surface area contributed by atoms with Crippen LogP contribution in [0.1, 0.15) is 33.6 Å². The van der Waals surface area contributed by atoms with Gasteiger partial charge in [-0.15, -0.1) is 0 Å². The number of nitrogens with two attached hydrogens (primary N) is 1. The van der Waals surface area contributed by atoms with E-state index in [-0.39, 0.29) is 5.91 Å². The van der Waals surface area contributed by atoms with Gasteiger partial charge >= 0.3 is 0 Å². The third-order valence-corrected chi connectivity index (χ3v) is 3.06. The van der Waals surface area contributed by atoms with Crippen molar-refractivity contribution in [3.05, 3.63) is 0 Å². The molecule has 0 heterocycles. The smallest absolute Gasteiger partial charge is 0.248 e. The molecule has 0 aliphatic carbocycles. The molecule has 0 aromatic carbocycles. The first-order chi connectivity index (χ1) is 8.05. The lowest BCUT2D eigenvalue weighted by Crippen LogP contribution is -2.46. The van der Waals surface area contributed by atoms with Gasteiger partial charge in [-0.05, 0) is 19.8 Å². The molecule has 1 unspecified atom stereocenters. The van der Waals surface area contributed by atoms with Gasteiger partial charge in [0, 0.05) is 20.2 Å². The summed E-state index contributed by atoms with van der Waals surface area (Å²) in [6.07, 6.45) is 1.11. The van der Waals surface area contributed by atoms with Crippen LogP contribution in [0.5, 0.6) is 0 Å². The number of ether oxygens (including phenoxy) is 2. The van der Waals surface area contributed by atoms with Gasteiger partial charge in [-0.1, -0.05) is 13.8 Å². The molecule has 0 aromatic heterocycles. The second-order valence-corrected chi connectivity index (χ2v) is 4.14. The Morgan fingerprint density at radius 3 is 2.41 bits per heavy atom. The molecule has 5 heteroatoms. The van der Waals surface area contributed by atoms with Gasteiger partial charge in [0.1, 0.15) is 6.10 Å². The Bertz CT molecular complexity index is 210. The molecule has 5 nitrogen and oxygen atoms in total. The van der Waals surface area contributed by atoms with E-state index in [0.29, 0.717) is 19.7 Å². The minimum Gasteiger partial charge on any atom is -0.383 e. The first-order valence-corrected chi connectivity index (χ1v) is 6.19. The largest absolute Gasteiger partial charge is 0.383 e. The van der Waals surface area contributed by atoms with Gasteiger partial charge in [0.15, 0.2) is 0 Å². The maximum Gasteiger partial charge on any atom is 0.248 e. The predicted octanol–water partition coefficient (Wildman–Crippen LogP) is 0.672. The normalized spacial score (nSPS) is 13.5. The molecule has 0 fully saturated rings. The molecule has 1 amide bonds. The molecule has 0 saturated carbocycles. The van der Waals surface area contributed by atoms with E-state index in [1.165, 1.54) is 0 Å². The molecule has 0 aliphatic rings. The highest BCUT2D eigenvalue weighted by Gasteiger charge is 2.29. The monoisotopic (exact) mass is 246 g/mol. The van der Waals surface area contributed by atoms with Gasteiger partial charge in [0.05, 0.1) is 12.2 Å². The highest BCUT2D eigenvalue weighted by molar-refractivity contribution is 5.80. The SMILES string of the molecule is CCC(CC)(CN)OC(C)C(=O)NCCOC. The number of methoxy groups -OCH3 is 1. The van der Waals surface area contributed by atoms with Crippen molar-refractivity contribution in [3.8, 4) is 0 Å². The van der Waals surface area contributed by atoms with E-state index in [4.69, 9.17) is 15.2 Å². The second kappa shape index (κ2) is 8.44. The molecule has 0 bridgehead atoms. The van der Waals surface area contributed by atoms with Crippen molar-refractivity contribution >= 4 is 5.91 Å². The van der Waals surface area contributed by atoms with Crippen LogP contribution in [-0.2, 0) is 14.3 Å². The van der Waals surface area contributed by atoms with Crippen molar-refractivity contribution < 1.29 is 14.3 Å². The molecule has 0 radical (unpaired) electrons. The van der Waals surface area contributed by atoms with Crippen LogP contribution in [-0.4, -0.2) is 44.4 Å². The Kier molecular flexibility index (Phi) is 8.12. The highest BCUT2D eigenvalue weighted by Crippen LogP contribution is 2.21. The summed E-state index contributed by atoms with van der Waals surface area (Å²) in [6, 6.07) is 0. The first-order valence-electron chi connectivity index (χ1n) is 6.19. The molecule has 3 N–H and O–H groups in total. The van der Waals surface area contributed by atoms with E-state index < -0.39 is 11.7 Å². The fourth-order valence-electron chi connectivity index (χ4n) is 1.60. The molecule has 0 aromatic rings. The quantitative estimate of drug-likeness (QED) is 0.587. The number of hydrogen-bond acceptors (Lipinski definition) is 4. The second-order valence-electron chi connectivity index (χ2n) is 4.14. The van der Waals surface area contributed by atoms with E-state index in [1.807, 2.05) is 13.8 Å². The van der Waals surface area contributed by atoms with E-state index in [9.17, 15) is 4.79 Å². The van der Waals surface area contributed by atoms with Crippen LogP contribution in [0.15, 0.2) is 0 Å². The van der Waals surface area contributed by atoms with Gasteiger partial charge in [-0.3, -0.25) is 4.79 Å². The molecular weight excluding hydrogens is 220 g/mol. The minimum atomic E-state index is -0.490. The van der Waals surface area contributed by atoms with Crippen LogP contribution in [0, 0.1) is 0 Å². The highest BCUT2D eigenvalue weighted by atomic mass is 16.5. The van der Waals surface area contributed by atoms with Crippen molar-refractivity contribution in [1.82, 2.24) is 5.32 Å². The standard InChI is InChI=1S/C12H26N2O3/c1-5-12(6-2,9-13)17-10(3)11(15)14-7-8-16-4/h10H,5-9,13H2,1-4H3,(H,14,15). The molecule has 0 rings (SSSR count). The zero-order chi connectivity index (χ0) is 13.3. The predicted molar refractivity (Wildman–Crippen MR) is 67.8 cm³/mol. The zero-order valence-electron chi connectivity index (χ0n) is 11.4. The molecule has 0 aliphatic heterocycles. The third-order valence-electron chi connectivity index (χ3n) is 3.06. The number of carbonyl (C=O) groups is 1. The Morgan fingerprint density at radius 1 is 1.41 bits per heavy atom. The van der Waals surface area contributed by atoms with Crippen LogP contribution in [0.3, 0.4) is 0 Å². The third kappa shape index (κ3) is 5.48. The van der Waals surface area contributed by atoms with Gasteiger partial charge in [0.2, 0.25) is 5.91 Å². The minimum absolute atomic E-state index is 0.123.